The lowest BCUT2D eigenvalue weighted by atomic mass is 9.95. The molecule has 2 aliphatic rings. The molecular weight excluding hydrogens is 420 g/mol. The third-order valence-electron chi connectivity index (χ3n) is 5.70. The van der Waals surface area contributed by atoms with Gasteiger partial charge in [0.25, 0.3) is 5.91 Å². The zero-order valence-corrected chi connectivity index (χ0v) is 19.2. The molecule has 9 heteroatoms. The van der Waals surface area contributed by atoms with E-state index in [2.05, 4.69) is 5.32 Å². The number of nitrogens with one attached hydrogen (secondary N) is 1. The summed E-state index contributed by atoms with van der Waals surface area (Å²) in [6.07, 6.45) is 3.83. The van der Waals surface area contributed by atoms with Crippen molar-refractivity contribution in [3.63, 3.8) is 0 Å². The summed E-state index contributed by atoms with van der Waals surface area (Å²) in [5.41, 5.74) is 0.0905. The molecule has 0 radical (unpaired) electrons. The fourth-order valence-electron chi connectivity index (χ4n) is 4.11. The van der Waals surface area contributed by atoms with Gasteiger partial charge in [0.05, 0.1) is 22.7 Å². The highest BCUT2D eigenvalue weighted by atomic mass is 32.2. The SMILES string of the molecule is C[C@@H]1CN(S(=O)(=O)c2cccc(C(=O)O[C@H](C)C(=O)NC3CCCCC3)c2)C[C@@H](C)O1. The Morgan fingerprint density at radius 2 is 1.77 bits per heavy atom. The van der Waals surface area contributed by atoms with Gasteiger partial charge in [-0.15, -0.1) is 0 Å². The van der Waals surface area contributed by atoms with Gasteiger partial charge in [-0.2, -0.15) is 4.31 Å². The number of nitrogens with zero attached hydrogens (tertiary/aromatic N) is 1. The maximum absolute atomic E-state index is 13.1. The number of rotatable bonds is 6. The van der Waals surface area contributed by atoms with E-state index in [0.717, 1.165) is 25.7 Å². The lowest BCUT2D eigenvalue weighted by molar-refractivity contribution is -0.130. The van der Waals surface area contributed by atoms with Gasteiger partial charge in [-0.1, -0.05) is 25.3 Å². The number of sulfonamides is 1. The largest absolute Gasteiger partial charge is 0.449 e. The monoisotopic (exact) mass is 452 g/mol. The fourth-order valence-corrected chi connectivity index (χ4v) is 5.74. The molecule has 1 saturated carbocycles. The van der Waals surface area contributed by atoms with Crippen molar-refractivity contribution in [3.05, 3.63) is 29.8 Å². The quantitative estimate of drug-likeness (QED) is 0.666. The first-order valence-electron chi connectivity index (χ1n) is 10.9. The third-order valence-corrected chi connectivity index (χ3v) is 7.53. The van der Waals surface area contributed by atoms with Crippen LogP contribution in [0.4, 0.5) is 0 Å². The number of ether oxygens (including phenoxy) is 2. The first-order valence-corrected chi connectivity index (χ1v) is 12.4. The van der Waals surface area contributed by atoms with Crippen LogP contribution in [-0.4, -0.2) is 62.0 Å². The van der Waals surface area contributed by atoms with Crippen LogP contribution in [0.25, 0.3) is 0 Å². The molecule has 172 valence electrons. The van der Waals surface area contributed by atoms with Gasteiger partial charge in [0.1, 0.15) is 0 Å². The summed E-state index contributed by atoms with van der Waals surface area (Å²) < 4.78 is 38.4. The van der Waals surface area contributed by atoms with Gasteiger partial charge in [0.2, 0.25) is 10.0 Å². The normalized spacial score (nSPS) is 24.4. The summed E-state index contributed by atoms with van der Waals surface area (Å²) in [6, 6.07) is 5.86. The second-order valence-electron chi connectivity index (χ2n) is 8.50. The predicted octanol–water partition coefficient (Wildman–Crippen LogP) is 2.48. The van der Waals surface area contributed by atoms with E-state index in [4.69, 9.17) is 9.47 Å². The van der Waals surface area contributed by atoms with E-state index in [1.165, 1.54) is 41.9 Å². The van der Waals surface area contributed by atoms with Gasteiger partial charge in [-0.3, -0.25) is 4.79 Å². The summed E-state index contributed by atoms with van der Waals surface area (Å²) in [4.78, 5) is 25.0. The highest BCUT2D eigenvalue weighted by molar-refractivity contribution is 7.89. The third kappa shape index (κ3) is 6.05. The highest BCUT2D eigenvalue weighted by Gasteiger charge is 2.32. The van der Waals surface area contributed by atoms with Gasteiger partial charge >= 0.3 is 5.97 Å². The Labute approximate surface area is 184 Å². The van der Waals surface area contributed by atoms with Crippen LogP contribution in [0.1, 0.15) is 63.2 Å². The molecule has 1 N–H and O–H groups in total. The Bertz CT molecular complexity index is 887. The molecule has 1 aliphatic carbocycles. The second kappa shape index (κ2) is 10.1. The smallest absolute Gasteiger partial charge is 0.338 e. The minimum atomic E-state index is -3.78. The number of hydrogen-bond donors (Lipinski definition) is 1. The minimum Gasteiger partial charge on any atom is -0.449 e. The van der Waals surface area contributed by atoms with Crippen LogP contribution in [0, 0.1) is 0 Å². The Morgan fingerprint density at radius 3 is 2.42 bits per heavy atom. The van der Waals surface area contributed by atoms with Crippen LogP contribution >= 0.6 is 0 Å². The molecule has 8 nitrogen and oxygen atoms in total. The van der Waals surface area contributed by atoms with Crippen molar-refractivity contribution in [2.75, 3.05) is 13.1 Å². The Hall–Kier alpha value is -1.97. The summed E-state index contributed by atoms with van der Waals surface area (Å²) in [6.45, 7) is 5.67. The number of esters is 1. The minimum absolute atomic E-state index is 0.0163. The van der Waals surface area contributed by atoms with Crippen molar-refractivity contribution in [2.45, 2.75) is 82.1 Å². The van der Waals surface area contributed by atoms with Crippen LogP contribution in [0.2, 0.25) is 0 Å². The number of benzene rings is 1. The molecule has 0 bridgehead atoms. The van der Waals surface area contributed by atoms with Gasteiger partial charge in [0.15, 0.2) is 6.10 Å². The summed E-state index contributed by atoms with van der Waals surface area (Å²) >= 11 is 0. The molecule has 0 aromatic heterocycles. The van der Waals surface area contributed by atoms with E-state index in [1.807, 2.05) is 13.8 Å². The van der Waals surface area contributed by atoms with Crippen molar-refractivity contribution in [1.82, 2.24) is 9.62 Å². The summed E-state index contributed by atoms with van der Waals surface area (Å²) in [7, 11) is -3.78. The molecule has 1 amide bonds. The van der Waals surface area contributed by atoms with Crippen molar-refractivity contribution in [3.8, 4) is 0 Å². The lowest BCUT2D eigenvalue weighted by Gasteiger charge is -2.34. The van der Waals surface area contributed by atoms with Gasteiger partial charge in [-0.25, -0.2) is 13.2 Å². The molecule has 3 atom stereocenters. The zero-order chi connectivity index (χ0) is 22.6. The maximum atomic E-state index is 13.1. The first kappa shape index (κ1) is 23.7. The standard InChI is InChI=1S/C22H32N2O6S/c1-15-13-24(14-16(2)29-15)31(27,28)20-11-7-8-18(12-20)22(26)30-17(3)21(25)23-19-9-5-4-6-10-19/h7-8,11-12,15-17,19H,4-6,9-10,13-14H2,1-3H3,(H,23,25)/t15-,16-,17-/m1/s1. The zero-order valence-electron chi connectivity index (χ0n) is 18.4. The topological polar surface area (TPSA) is 102 Å². The molecule has 31 heavy (non-hydrogen) atoms. The highest BCUT2D eigenvalue weighted by Crippen LogP contribution is 2.22. The van der Waals surface area contributed by atoms with E-state index < -0.39 is 22.1 Å². The van der Waals surface area contributed by atoms with Crippen molar-refractivity contribution < 1.29 is 27.5 Å². The summed E-state index contributed by atoms with van der Waals surface area (Å²) in [5, 5.41) is 2.93. The number of carbonyl (C=O) groups is 2. The maximum Gasteiger partial charge on any atom is 0.338 e. The van der Waals surface area contributed by atoms with Crippen LogP contribution in [0.3, 0.4) is 0 Å². The Morgan fingerprint density at radius 1 is 1.13 bits per heavy atom. The number of hydrogen-bond acceptors (Lipinski definition) is 6. The van der Waals surface area contributed by atoms with Crippen molar-refractivity contribution in [1.29, 1.82) is 0 Å². The molecule has 0 unspecified atom stereocenters. The van der Waals surface area contributed by atoms with E-state index in [-0.39, 0.29) is 47.7 Å². The summed E-state index contributed by atoms with van der Waals surface area (Å²) in [5.74, 6) is -1.06. The van der Waals surface area contributed by atoms with Crippen LogP contribution < -0.4 is 5.32 Å². The Kier molecular flexibility index (Phi) is 7.72. The average Bonchev–Trinajstić information content (AvgIpc) is 2.73. The average molecular weight is 453 g/mol. The fraction of sp³-hybridized carbons (Fsp3) is 0.636. The van der Waals surface area contributed by atoms with E-state index in [9.17, 15) is 18.0 Å². The molecular formula is C22H32N2O6S. The lowest BCUT2D eigenvalue weighted by Crippen LogP contribution is -2.48. The molecule has 3 rings (SSSR count). The molecule has 1 heterocycles. The number of morpholine rings is 1. The molecule has 1 aromatic carbocycles. The van der Waals surface area contributed by atoms with Crippen LogP contribution in [0.15, 0.2) is 29.2 Å². The molecule has 2 fully saturated rings. The van der Waals surface area contributed by atoms with E-state index >= 15 is 0 Å². The molecule has 1 aromatic rings. The van der Waals surface area contributed by atoms with Crippen molar-refractivity contribution >= 4 is 21.9 Å². The molecule has 1 aliphatic heterocycles. The van der Waals surface area contributed by atoms with Gasteiger partial charge < -0.3 is 14.8 Å². The number of amides is 1. The van der Waals surface area contributed by atoms with Gasteiger partial charge in [-0.05, 0) is 51.8 Å². The van der Waals surface area contributed by atoms with Crippen LogP contribution in [-0.2, 0) is 24.3 Å². The van der Waals surface area contributed by atoms with E-state index in [1.54, 1.807) is 0 Å². The van der Waals surface area contributed by atoms with Gasteiger partial charge in [0, 0.05) is 19.1 Å². The second-order valence-corrected chi connectivity index (χ2v) is 10.4. The first-order chi connectivity index (χ1) is 14.7. The molecule has 1 saturated heterocycles. The molecule has 0 spiro atoms. The van der Waals surface area contributed by atoms with E-state index in [0.29, 0.717) is 0 Å². The number of carbonyl (C=O) groups excluding carboxylic acids is 2. The Balaban J connectivity index is 1.66. The van der Waals surface area contributed by atoms with Crippen LogP contribution in [0.5, 0.6) is 0 Å². The van der Waals surface area contributed by atoms with Crippen molar-refractivity contribution in [2.24, 2.45) is 0 Å². The predicted molar refractivity (Wildman–Crippen MR) is 115 cm³/mol.